The smallest absolute Gasteiger partial charge is 0.265 e. The predicted molar refractivity (Wildman–Crippen MR) is 35.3 cm³/mol. The summed E-state index contributed by atoms with van der Waals surface area (Å²) in [5.74, 6) is -0.164. The fourth-order valence-corrected chi connectivity index (χ4v) is 1.87. The Balaban J connectivity index is 2.38. The van der Waals surface area contributed by atoms with Gasteiger partial charge in [0.15, 0.2) is 0 Å². The van der Waals surface area contributed by atoms with Crippen molar-refractivity contribution in [3.63, 3.8) is 0 Å². The second kappa shape index (κ2) is 2.86. The molecule has 0 unspecified atom stereocenters. The molecule has 1 rings (SSSR count). The van der Waals surface area contributed by atoms with Gasteiger partial charge in [-0.3, -0.25) is 4.55 Å². The van der Waals surface area contributed by atoms with Gasteiger partial charge in [0.25, 0.3) is 10.1 Å². The van der Waals surface area contributed by atoms with E-state index < -0.39 is 10.1 Å². The van der Waals surface area contributed by atoms with Crippen molar-refractivity contribution in [2.45, 2.75) is 6.42 Å². The molecule has 5 heteroatoms. The molecule has 60 valence electrons. The second-order valence-electron chi connectivity index (χ2n) is 2.48. The molecule has 1 atom stereocenters. The first-order chi connectivity index (χ1) is 4.58. The molecule has 1 aliphatic rings. The summed E-state index contributed by atoms with van der Waals surface area (Å²) < 4.78 is 33.9. The van der Waals surface area contributed by atoms with Gasteiger partial charge in [-0.2, -0.15) is 8.42 Å². The molecular weight excluding hydrogens is 156 g/mol. The topological polar surface area (TPSA) is 63.6 Å². The van der Waals surface area contributed by atoms with Crippen LogP contribution in [0.15, 0.2) is 0 Å². The van der Waals surface area contributed by atoms with Crippen LogP contribution in [-0.4, -0.2) is 31.9 Å². The van der Waals surface area contributed by atoms with Gasteiger partial charge >= 0.3 is 0 Å². The number of ether oxygens (including phenoxy) is 1. The van der Waals surface area contributed by atoms with E-state index in [-0.39, 0.29) is 11.7 Å². The van der Waals surface area contributed by atoms with Gasteiger partial charge in [0.1, 0.15) is 0 Å². The molecule has 10 heavy (non-hydrogen) atoms. The van der Waals surface area contributed by atoms with Gasteiger partial charge in [-0.1, -0.05) is 0 Å². The van der Waals surface area contributed by atoms with Crippen molar-refractivity contribution in [1.82, 2.24) is 0 Å². The summed E-state index contributed by atoms with van der Waals surface area (Å²) in [7, 11) is -3.79. The van der Waals surface area contributed by atoms with E-state index in [2.05, 4.69) is 0 Å². The van der Waals surface area contributed by atoms with Gasteiger partial charge in [0.05, 0.1) is 12.4 Å². The lowest BCUT2D eigenvalue weighted by molar-refractivity contribution is 0.188. The van der Waals surface area contributed by atoms with E-state index in [0.717, 1.165) is 6.42 Å². The summed E-state index contributed by atoms with van der Waals surface area (Å²) in [6.07, 6.45) is 0.736. The summed E-state index contributed by atoms with van der Waals surface area (Å²) in [6, 6.07) is 0. The molecule has 0 amide bonds. The van der Waals surface area contributed by atoms with Crippen LogP contribution in [-0.2, 0) is 14.9 Å². The number of hydrogen-bond donors (Lipinski definition) is 1. The lowest BCUT2D eigenvalue weighted by atomic mass is 10.2. The zero-order valence-electron chi connectivity index (χ0n) is 5.49. The number of hydrogen-bond acceptors (Lipinski definition) is 3. The molecular formula is C5H10O4S. The minimum absolute atomic E-state index is 0.00463. The van der Waals surface area contributed by atoms with Crippen LogP contribution in [0.2, 0.25) is 0 Å². The normalized spacial score (nSPS) is 27.1. The first kappa shape index (κ1) is 7.97. The van der Waals surface area contributed by atoms with E-state index >= 15 is 0 Å². The highest BCUT2D eigenvalue weighted by molar-refractivity contribution is 7.85. The van der Waals surface area contributed by atoms with E-state index in [1.165, 1.54) is 0 Å². The van der Waals surface area contributed by atoms with Gasteiger partial charge < -0.3 is 4.74 Å². The first-order valence-corrected chi connectivity index (χ1v) is 4.72. The minimum atomic E-state index is -3.79. The molecule has 1 saturated heterocycles. The molecule has 4 nitrogen and oxygen atoms in total. The highest BCUT2D eigenvalue weighted by Gasteiger charge is 2.21. The Morgan fingerprint density at radius 3 is 2.70 bits per heavy atom. The Labute approximate surface area is 59.9 Å². The third-order valence-electron chi connectivity index (χ3n) is 1.47. The Kier molecular flexibility index (Phi) is 2.28. The third-order valence-corrected chi connectivity index (χ3v) is 2.36. The molecule has 0 radical (unpaired) electrons. The Bertz CT molecular complexity index is 190. The van der Waals surface area contributed by atoms with Crippen molar-refractivity contribution in [3.05, 3.63) is 0 Å². The Morgan fingerprint density at radius 2 is 2.30 bits per heavy atom. The lowest BCUT2D eigenvalue weighted by Gasteiger charge is -2.01. The average Bonchev–Trinajstić information content (AvgIpc) is 2.12. The molecule has 1 N–H and O–H groups in total. The Morgan fingerprint density at radius 1 is 1.60 bits per heavy atom. The van der Waals surface area contributed by atoms with E-state index in [1.54, 1.807) is 0 Å². The van der Waals surface area contributed by atoms with Crippen LogP contribution in [0.4, 0.5) is 0 Å². The van der Waals surface area contributed by atoms with Gasteiger partial charge in [0, 0.05) is 12.5 Å². The zero-order chi connectivity index (χ0) is 7.61. The third kappa shape index (κ3) is 2.64. The Hall–Kier alpha value is -0.130. The van der Waals surface area contributed by atoms with Crippen LogP contribution < -0.4 is 0 Å². The largest absolute Gasteiger partial charge is 0.381 e. The van der Waals surface area contributed by atoms with Crippen LogP contribution >= 0.6 is 0 Å². The van der Waals surface area contributed by atoms with Crippen molar-refractivity contribution in [2.24, 2.45) is 5.92 Å². The van der Waals surface area contributed by atoms with Crippen LogP contribution in [0, 0.1) is 5.92 Å². The van der Waals surface area contributed by atoms with Crippen molar-refractivity contribution < 1.29 is 17.7 Å². The summed E-state index contributed by atoms with van der Waals surface area (Å²) in [4.78, 5) is 0. The second-order valence-corrected chi connectivity index (χ2v) is 3.98. The van der Waals surface area contributed by atoms with Crippen molar-refractivity contribution >= 4 is 10.1 Å². The summed E-state index contributed by atoms with van der Waals surface area (Å²) in [6.45, 7) is 1.07. The molecule has 0 bridgehead atoms. The molecule has 0 aliphatic carbocycles. The standard InChI is InChI=1S/C5H10O4S/c6-10(7,8)4-5-1-2-9-3-5/h5H,1-4H2,(H,6,7,8)/t5-/m0/s1. The number of rotatable bonds is 2. The highest BCUT2D eigenvalue weighted by atomic mass is 32.2. The van der Waals surface area contributed by atoms with Crippen LogP contribution in [0.3, 0.4) is 0 Å². The predicted octanol–water partition coefficient (Wildman–Crippen LogP) is -0.0893. The maximum atomic E-state index is 10.3. The average molecular weight is 166 g/mol. The van der Waals surface area contributed by atoms with E-state index in [1.807, 2.05) is 0 Å². The summed E-state index contributed by atoms with van der Waals surface area (Å²) in [5.41, 5.74) is 0. The zero-order valence-corrected chi connectivity index (χ0v) is 6.30. The molecule has 0 aromatic heterocycles. The molecule has 0 spiro atoms. The molecule has 0 saturated carbocycles. The van der Waals surface area contributed by atoms with Crippen molar-refractivity contribution in [2.75, 3.05) is 19.0 Å². The summed E-state index contributed by atoms with van der Waals surface area (Å²) >= 11 is 0. The molecule has 0 aromatic rings. The molecule has 1 aliphatic heterocycles. The fraction of sp³-hybridized carbons (Fsp3) is 1.00. The van der Waals surface area contributed by atoms with Crippen LogP contribution in [0.25, 0.3) is 0 Å². The van der Waals surface area contributed by atoms with Gasteiger partial charge in [-0.25, -0.2) is 0 Å². The molecule has 0 aromatic carbocycles. The molecule has 1 fully saturated rings. The van der Waals surface area contributed by atoms with Crippen molar-refractivity contribution in [1.29, 1.82) is 0 Å². The quantitative estimate of drug-likeness (QED) is 0.582. The van der Waals surface area contributed by atoms with Gasteiger partial charge in [-0.15, -0.1) is 0 Å². The van der Waals surface area contributed by atoms with Crippen molar-refractivity contribution in [3.8, 4) is 0 Å². The molecule has 1 heterocycles. The minimum Gasteiger partial charge on any atom is -0.381 e. The van der Waals surface area contributed by atoms with E-state index in [0.29, 0.717) is 13.2 Å². The van der Waals surface area contributed by atoms with E-state index in [9.17, 15) is 8.42 Å². The fourth-order valence-electron chi connectivity index (χ4n) is 1.01. The van der Waals surface area contributed by atoms with Crippen LogP contribution in [0.1, 0.15) is 6.42 Å². The maximum absolute atomic E-state index is 10.3. The van der Waals surface area contributed by atoms with Gasteiger partial charge in [0.2, 0.25) is 0 Å². The first-order valence-electron chi connectivity index (χ1n) is 3.11. The summed E-state index contributed by atoms with van der Waals surface area (Å²) in [5, 5.41) is 0. The maximum Gasteiger partial charge on any atom is 0.265 e. The highest BCUT2D eigenvalue weighted by Crippen LogP contribution is 2.13. The van der Waals surface area contributed by atoms with E-state index in [4.69, 9.17) is 9.29 Å². The SMILES string of the molecule is O=S(=O)(O)C[C@H]1CCOC1. The van der Waals surface area contributed by atoms with Gasteiger partial charge in [-0.05, 0) is 6.42 Å². The monoisotopic (exact) mass is 166 g/mol. The lowest BCUT2D eigenvalue weighted by Crippen LogP contribution is -2.14. The van der Waals surface area contributed by atoms with Crippen LogP contribution in [0.5, 0.6) is 0 Å².